The summed E-state index contributed by atoms with van der Waals surface area (Å²) in [5.41, 5.74) is 3.82. The number of rotatable bonds is 2. The van der Waals surface area contributed by atoms with Crippen LogP contribution in [0.2, 0.25) is 0 Å². The number of primary amides is 1. The van der Waals surface area contributed by atoms with E-state index in [2.05, 4.69) is 0 Å². The van der Waals surface area contributed by atoms with Crippen molar-refractivity contribution < 1.29 is 22.7 Å². The number of carbonyl (C=O) groups excluding carboxylic acids is 1. The predicted molar refractivity (Wildman–Crippen MR) is 59.2 cm³/mol. The van der Waals surface area contributed by atoms with Crippen molar-refractivity contribution in [3.05, 3.63) is 26.8 Å². The summed E-state index contributed by atoms with van der Waals surface area (Å²) in [7, 11) is 1.22. The number of hydrogen-bond acceptors (Lipinski definition) is 2. The van der Waals surface area contributed by atoms with Crippen molar-refractivity contribution >= 4 is 28.5 Å². The Morgan fingerprint density at radius 2 is 2.00 bits per heavy atom. The van der Waals surface area contributed by atoms with E-state index in [1.807, 2.05) is 0 Å². The molecule has 0 aliphatic carbocycles. The first kappa shape index (κ1) is 13.1. The summed E-state index contributed by atoms with van der Waals surface area (Å²) >= 11 is 1.71. The highest BCUT2D eigenvalue weighted by atomic mass is 127. The average molecular weight is 345 g/mol. The summed E-state index contributed by atoms with van der Waals surface area (Å²) in [5.74, 6) is -0.946. The van der Waals surface area contributed by atoms with Gasteiger partial charge < -0.3 is 10.5 Å². The Kier molecular flexibility index (Phi) is 3.66. The molecule has 7 heteroatoms. The highest BCUT2D eigenvalue weighted by Crippen LogP contribution is 2.35. The van der Waals surface area contributed by atoms with Gasteiger partial charge in [0.1, 0.15) is 5.75 Å². The molecule has 0 heterocycles. The van der Waals surface area contributed by atoms with E-state index in [0.717, 1.165) is 6.07 Å². The minimum absolute atomic E-state index is 0.0239. The van der Waals surface area contributed by atoms with Crippen LogP contribution < -0.4 is 10.5 Å². The number of nitrogens with two attached hydrogens (primary N) is 1. The second-order valence-electron chi connectivity index (χ2n) is 2.90. The van der Waals surface area contributed by atoms with Crippen molar-refractivity contribution in [1.29, 1.82) is 0 Å². The van der Waals surface area contributed by atoms with Gasteiger partial charge in [-0.3, -0.25) is 4.79 Å². The van der Waals surface area contributed by atoms with Crippen LogP contribution in [0.15, 0.2) is 12.1 Å². The normalized spacial score (nSPS) is 11.3. The minimum Gasteiger partial charge on any atom is -0.496 e. The first-order chi connectivity index (χ1) is 7.27. The van der Waals surface area contributed by atoms with Crippen LogP contribution in [-0.4, -0.2) is 13.0 Å². The fourth-order valence-electron chi connectivity index (χ4n) is 1.09. The molecule has 0 unspecified atom stereocenters. The van der Waals surface area contributed by atoms with Crippen LogP contribution in [-0.2, 0) is 6.18 Å². The average Bonchev–Trinajstić information content (AvgIpc) is 2.15. The third-order valence-electron chi connectivity index (χ3n) is 1.85. The molecule has 0 saturated heterocycles. The Morgan fingerprint density at radius 3 is 2.38 bits per heavy atom. The zero-order valence-electron chi connectivity index (χ0n) is 8.06. The first-order valence-electron chi connectivity index (χ1n) is 4.02. The lowest BCUT2D eigenvalue weighted by molar-refractivity contribution is -0.137. The maximum Gasteiger partial charge on any atom is 0.416 e. The third kappa shape index (κ3) is 2.57. The Bertz CT molecular complexity index is 431. The van der Waals surface area contributed by atoms with E-state index in [1.165, 1.54) is 7.11 Å². The third-order valence-corrected chi connectivity index (χ3v) is 2.96. The number of carbonyl (C=O) groups is 1. The summed E-state index contributed by atoms with van der Waals surface area (Å²) in [6.07, 6.45) is -4.54. The monoisotopic (exact) mass is 345 g/mol. The maximum atomic E-state index is 12.5. The molecule has 16 heavy (non-hydrogen) atoms. The van der Waals surface area contributed by atoms with Crippen molar-refractivity contribution in [3.63, 3.8) is 0 Å². The van der Waals surface area contributed by atoms with Gasteiger partial charge in [0.05, 0.1) is 21.8 Å². The number of amides is 1. The van der Waals surface area contributed by atoms with E-state index < -0.39 is 17.6 Å². The first-order valence-corrected chi connectivity index (χ1v) is 5.09. The highest BCUT2D eigenvalue weighted by Gasteiger charge is 2.32. The van der Waals surface area contributed by atoms with Crippen LogP contribution in [0.4, 0.5) is 13.2 Å². The molecule has 1 amide bonds. The van der Waals surface area contributed by atoms with Gasteiger partial charge in [0, 0.05) is 0 Å². The van der Waals surface area contributed by atoms with Crippen LogP contribution >= 0.6 is 22.6 Å². The summed E-state index contributed by atoms with van der Waals surface area (Å²) in [6.45, 7) is 0. The summed E-state index contributed by atoms with van der Waals surface area (Å²) in [4.78, 5) is 11.0. The van der Waals surface area contributed by atoms with E-state index in [1.54, 1.807) is 22.6 Å². The van der Waals surface area contributed by atoms with E-state index >= 15 is 0 Å². The van der Waals surface area contributed by atoms with Gasteiger partial charge in [-0.15, -0.1) is 0 Å². The van der Waals surface area contributed by atoms with Crippen LogP contribution in [0.3, 0.4) is 0 Å². The van der Waals surface area contributed by atoms with E-state index in [4.69, 9.17) is 10.5 Å². The summed E-state index contributed by atoms with van der Waals surface area (Å²) in [5, 5.41) is 0. The molecule has 2 N–H and O–H groups in total. The van der Waals surface area contributed by atoms with Crippen molar-refractivity contribution in [2.75, 3.05) is 7.11 Å². The number of ether oxygens (including phenoxy) is 1. The van der Waals surface area contributed by atoms with Gasteiger partial charge in [-0.25, -0.2) is 0 Å². The lowest BCUT2D eigenvalue weighted by atomic mass is 10.1. The molecule has 0 atom stereocenters. The Morgan fingerprint density at radius 1 is 1.44 bits per heavy atom. The second-order valence-corrected chi connectivity index (χ2v) is 3.98. The van der Waals surface area contributed by atoms with Gasteiger partial charge in [-0.1, -0.05) is 0 Å². The Balaban J connectivity index is 3.46. The second kappa shape index (κ2) is 4.48. The van der Waals surface area contributed by atoms with Gasteiger partial charge in [0.25, 0.3) is 0 Å². The molecular formula is C9H7F3INO2. The van der Waals surface area contributed by atoms with Crippen LogP contribution in [0.1, 0.15) is 15.9 Å². The smallest absolute Gasteiger partial charge is 0.416 e. The predicted octanol–water partition coefficient (Wildman–Crippen LogP) is 2.42. The fraction of sp³-hybridized carbons (Fsp3) is 0.222. The number of alkyl halides is 3. The number of methoxy groups -OCH3 is 1. The largest absolute Gasteiger partial charge is 0.496 e. The van der Waals surface area contributed by atoms with Gasteiger partial charge >= 0.3 is 6.18 Å². The van der Waals surface area contributed by atoms with Crippen LogP contribution in [0.5, 0.6) is 5.75 Å². The van der Waals surface area contributed by atoms with Crippen LogP contribution in [0, 0.1) is 3.57 Å². The zero-order chi connectivity index (χ0) is 12.5. The molecule has 0 fully saturated rings. The molecule has 0 bridgehead atoms. The number of hydrogen-bond donors (Lipinski definition) is 1. The zero-order valence-corrected chi connectivity index (χ0v) is 10.2. The molecule has 1 rings (SSSR count). The topological polar surface area (TPSA) is 52.3 Å². The molecule has 1 aromatic carbocycles. The standard InChI is InChI=1S/C9H7F3INO2/c1-16-6-3-4(9(10,11)12)2-5(7(6)13)8(14)15/h2-3H,1H3,(H2,14,15). The van der Waals surface area contributed by atoms with Gasteiger partial charge in [-0.05, 0) is 34.7 Å². The lowest BCUT2D eigenvalue weighted by Gasteiger charge is -2.12. The number of halogens is 4. The maximum absolute atomic E-state index is 12.5. The summed E-state index contributed by atoms with van der Waals surface area (Å²) in [6, 6.07) is 1.54. The Labute approximate surface area is 103 Å². The van der Waals surface area contributed by atoms with Crippen molar-refractivity contribution in [1.82, 2.24) is 0 Å². The quantitative estimate of drug-likeness (QED) is 0.837. The Hall–Kier alpha value is -0.990. The van der Waals surface area contributed by atoms with E-state index in [0.29, 0.717) is 6.07 Å². The van der Waals surface area contributed by atoms with Gasteiger partial charge in [0.2, 0.25) is 5.91 Å². The fourth-order valence-corrected chi connectivity index (χ4v) is 1.89. The molecule has 0 spiro atoms. The molecule has 88 valence electrons. The van der Waals surface area contributed by atoms with Gasteiger partial charge in [-0.2, -0.15) is 13.2 Å². The SMILES string of the molecule is COc1cc(C(F)(F)F)cc(C(N)=O)c1I. The molecule has 3 nitrogen and oxygen atoms in total. The molecule has 0 aliphatic heterocycles. The lowest BCUT2D eigenvalue weighted by Crippen LogP contribution is -2.16. The van der Waals surface area contributed by atoms with Crippen molar-refractivity contribution in [2.45, 2.75) is 6.18 Å². The van der Waals surface area contributed by atoms with Gasteiger partial charge in [0.15, 0.2) is 0 Å². The number of benzene rings is 1. The van der Waals surface area contributed by atoms with Crippen molar-refractivity contribution in [3.8, 4) is 5.75 Å². The van der Waals surface area contributed by atoms with E-state index in [-0.39, 0.29) is 14.9 Å². The van der Waals surface area contributed by atoms with Crippen LogP contribution in [0.25, 0.3) is 0 Å². The molecular weight excluding hydrogens is 338 g/mol. The molecule has 1 aromatic rings. The molecule has 0 radical (unpaired) electrons. The molecule has 0 aliphatic rings. The minimum atomic E-state index is -4.54. The molecule has 0 saturated carbocycles. The van der Waals surface area contributed by atoms with E-state index in [9.17, 15) is 18.0 Å². The summed E-state index contributed by atoms with van der Waals surface area (Å²) < 4.78 is 42.4. The molecule has 0 aromatic heterocycles. The van der Waals surface area contributed by atoms with Crippen molar-refractivity contribution in [2.24, 2.45) is 5.73 Å². The highest BCUT2D eigenvalue weighted by molar-refractivity contribution is 14.1.